The van der Waals surface area contributed by atoms with Gasteiger partial charge in [0.15, 0.2) is 15.5 Å². The molecule has 0 bridgehead atoms. The summed E-state index contributed by atoms with van der Waals surface area (Å²) < 4.78 is 68.5. The normalized spacial score (nSPS) is 12.6. The first kappa shape index (κ1) is 17.6. The lowest BCUT2D eigenvalue weighted by Crippen LogP contribution is -2.13. The van der Waals surface area contributed by atoms with Crippen LogP contribution in [0, 0.1) is 0 Å². The second-order valence-electron chi connectivity index (χ2n) is 5.24. The van der Waals surface area contributed by atoms with Gasteiger partial charge in [0.25, 0.3) is 0 Å². The fraction of sp³-hybridized carbons (Fsp3) is 0.308. The summed E-state index contributed by atoms with van der Waals surface area (Å²) >= 11 is 1.21. The van der Waals surface area contributed by atoms with E-state index in [0.717, 1.165) is 0 Å². The zero-order valence-electron chi connectivity index (χ0n) is 12.7. The lowest BCUT2D eigenvalue weighted by Gasteiger charge is -2.05. The predicted octanol–water partition coefficient (Wildman–Crippen LogP) is 2.67. The molecule has 0 fully saturated rings. The summed E-state index contributed by atoms with van der Waals surface area (Å²) in [6.07, 6.45) is -2.36. The van der Waals surface area contributed by atoms with E-state index in [9.17, 15) is 21.6 Å². The van der Waals surface area contributed by atoms with E-state index in [1.165, 1.54) is 11.3 Å². The van der Waals surface area contributed by atoms with Crippen LogP contribution in [0.4, 0.5) is 13.2 Å². The van der Waals surface area contributed by atoms with Gasteiger partial charge < -0.3 is 4.52 Å². The number of sulfone groups is 1. The van der Waals surface area contributed by atoms with Crippen molar-refractivity contribution in [2.75, 3.05) is 0 Å². The molecular formula is C13H11F3N4O3S2. The van der Waals surface area contributed by atoms with Crippen molar-refractivity contribution in [3.8, 4) is 10.7 Å². The van der Waals surface area contributed by atoms with Gasteiger partial charge in [-0.05, 0) is 6.07 Å². The van der Waals surface area contributed by atoms with E-state index in [0.29, 0.717) is 17.0 Å². The van der Waals surface area contributed by atoms with E-state index in [2.05, 4.69) is 19.8 Å². The van der Waals surface area contributed by atoms with Crippen molar-refractivity contribution in [1.82, 2.24) is 19.9 Å². The van der Waals surface area contributed by atoms with Gasteiger partial charge >= 0.3 is 6.18 Å². The van der Waals surface area contributed by atoms with Gasteiger partial charge in [-0.25, -0.2) is 13.4 Å². The molecule has 134 valence electrons. The number of alkyl halides is 3. The van der Waals surface area contributed by atoms with Crippen molar-refractivity contribution >= 4 is 21.2 Å². The van der Waals surface area contributed by atoms with Crippen molar-refractivity contribution < 1.29 is 26.1 Å². The highest BCUT2D eigenvalue weighted by molar-refractivity contribution is 7.89. The SMILES string of the molecule is Cn1ccc(-c2nc(CS(=O)(=O)Cc3conc3C(F)(F)F)cs2)n1. The quantitative estimate of drug-likeness (QED) is 0.663. The van der Waals surface area contributed by atoms with Crippen LogP contribution >= 0.6 is 11.3 Å². The summed E-state index contributed by atoms with van der Waals surface area (Å²) in [6, 6.07) is 1.73. The molecule has 0 N–H and O–H groups in total. The molecule has 7 nitrogen and oxygen atoms in total. The second kappa shape index (κ2) is 6.26. The van der Waals surface area contributed by atoms with Gasteiger partial charge in [-0.2, -0.15) is 18.3 Å². The van der Waals surface area contributed by atoms with Crippen molar-refractivity contribution in [2.45, 2.75) is 17.7 Å². The molecular weight excluding hydrogens is 381 g/mol. The number of aryl methyl sites for hydroxylation is 1. The van der Waals surface area contributed by atoms with Gasteiger partial charge in [0.2, 0.25) is 0 Å². The molecule has 0 aliphatic heterocycles. The maximum Gasteiger partial charge on any atom is 0.437 e. The Balaban J connectivity index is 1.77. The average Bonchev–Trinajstić information content (AvgIpc) is 3.17. The van der Waals surface area contributed by atoms with Crippen molar-refractivity contribution in [2.24, 2.45) is 7.05 Å². The zero-order valence-corrected chi connectivity index (χ0v) is 14.3. The maximum absolute atomic E-state index is 12.7. The molecule has 0 spiro atoms. The molecule has 0 saturated carbocycles. The molecule has 0 aliphatic rings. The summed E-state index contributed by atoms with van der Waals surface area (Å²) in [5.74, 6) is -1.32. The Kier molecular flexibility index (Phi) is 4.41. The minimum Gasteiger partial charge on any atom is -0.364 e. The highest BCUT2D eigenvalue weighted by Crippen LogP contribution is 2.32. The monoisotopic (exact) mass is 392 g/mol. The standard InChI is InChI=1S/C13H11F3N4O3S2/c1-20-3-2-10(18-20)12-17-9(5-24-12)7-25(21,22)6-8-4-23-19-11(8)13(14,15)16/h2-5H,6-7H2,1H3. The number of rotatable bonds is 5. The van der Waals surface area contributed by atoms with Crippen LogP contribution in [-0.2, 0) is 34.6 Å². The molecule has 0 unspecified atom stereocenters. The summed E-state index contributed by atoms with van der Waals surface area (Å²) in [6.45, 7) is 0. The van der Waals surface area contributed by atoms with Crippen molar-refractivity contribution in [1.29, 1.82) is 0 Å². The molecule has 12 heteroatoms. The van der Waals surface area contributed by atoms with Crippen LogP contribution in [0.5, 0.6) is 0 Å². The molecule has 0 atom stereocenters. The minimum atomic E-state index is -4.77. The number of aromatic nitrogens is 4. The molecule has 0 amide bonds. The Labute approximate surface area is 144 Å². The maximum atomic E-state index is 12.7. The molecule has 3 heterocycles. The summed E-state index contributed by atoms with van der Waals surface area (Å²) in [5.41, 5.74) is -1.01. The lowest BCUT2D eigenvalue weighted by atomic mass is 10.3. The summed E-state index contributed by atoms with van der Waals surface area (Å²) in [7, 11) is -2.15. The summed E-state index contributed by atoms with van der Waals surface area (Å²) in [5, 5.41) is 9.07. The second-order valence-corrected chi connectivity index (χ2v) is 8.16. The van der Waals surface area contributed by atoms with Crippen LogP contribution in [0.3, 0.4) is 0 Å². The number of hydrogen-bond acceptors (Lipinski definition) is 7. The average molecular weight is 392 g/mol. The van der Waals surface area contributed by atoms with Crippen molar-refractivity contribution in [3.63, 3.8) is 0 Å². The summed E-state index contributed by atoms with van der Waals surface area (Å²) in [4.78, 5) is 4.18. The van der Waals surface area contributed by atoms with E-state index in [1.807, 2.05) is 0 Å². The van der Waals surface area contributed by atoms with Crippen LogP contribution in [0.15, 0.2) is 28.4 Å². The van der Waals surface area contributed by atoms with Gasteiger partial charge in [0.1, 0.15) is 17.0 Å². The lowest BCUT2D eigenvalue weighted by molar-refractivity contribution is -0.143. The third-order valence-electron chi connectivity index (χ3n) is 3.14. The Hall–Kier alpha value is -2.21. The molecule has 0 radical (unpaired) electrons. The number of halogens is 3. The molecule has 0 aromatic carbocycles. The van der Waals surface area contributed by atoms with E-state index in [1.54, 1.807) is 29.4 Å². The molecule has 3 aromatic rings. The Morgan fingerprint density at radius 3 is 2.72 bits per heavy atom. The molecule has 25 heavy (non-hydrogen) atoms. The van der Waals surface area contributed by atoms with Crippen LogP contribution in [0.1, 0.15) is 17.0 Å². The number of nitrogens with zero attached hydrogens (tertiary/aromatic N) is 4. The van der Waals surface area contributed by atoms with Gasteiger partial charge in [0.05, 0.1) is 17.2 Å². The number of hydrogen-bond donors (Lipinski definition) is 0. The minimum absolute atomic E-state index is 0.246. The first-order valence-electron chi connectivity index (χ1n) is 6.79. The predicted molar refractivity (Wildman–Crippen MR) is 82.1 cm³/mol. The van der Waals surface area contributed by atoms with Crippen LogP contribution in [-0.4, -0.2) is 28.3 Å². The Morgan fingerprint density at radius 2 is 2.08 bits per heavy atom. The Morgan fingerprint density at radius 1 is 1.32 bits per heavy atom. The largest absolute Gasteiger partial charge is 0.437 e. The highest BCUT2D eigenvalue weighted by atomic mass is 32.2. The van der Waals surface area contributed by atoms with Crippen LogP contribution < -0.4 is 0 Å². The van der Waals surface area contributed by atoms with Crippen LogP contribution in [0.2, 0.25) is 0 Å². The fourth-order valence-corrected chi connectivity index (χ4v) is 4.39. The van der Waals surface area contributed by atoms with Gasteiger partial charge in [-0.1, -0.05) is 5.16 Å². The third-order valence-corrected chi connectivity index (χ3v) is 5.54. The van der Waals surface area contributed by atoms with Gasteiger partial charge in [-0.3, -0.25) is 4.68 Å². The first-order valence-corrected chi connectivity index (χ1v) is 9.49. The molecule has 0 aliphatic carbocycles. The number of thiazole rings is 1. The van der Waals surface area contributed by atoms with E-state index in [-0.39, 0.29) is 5.69 Å². The fourth-order valence-electron chi connectivity index (χ4n) is 2.13. The van der Waals surface area contributed by atoms with E-state index in [4.69, 9.17) is 0 Å². The molecule has 0 saturated heterocycles. The van der Waals surface area contributed by atoms with Gasteiger partial charge in [-0.15, -0.1) is 11.3 Å². The van der Waals surface area contributed by atoms with Crippen molar-refractivity contribution in [3.05, 3.63) is 40.9 Å². The van der Waals surface area contributed by atoms with E-state index >= 15 is 0 Å². The third kappa shape index (κ3) is 4.07. The smallest absolute Gasteiger partial charge is 0.364 e. The zero-order chi connectivity index (χ0) is 18.2. The highest BCUT2D eigenvalue weighted by Gasteiger charge is 2.38. The topological polar surface area (TPSA) is 90.9 Å². The van der Waals surface area contributed by atoms with E-state index < -0.39 is 38.8 Å². The first-order chi connectivity index (χ1) is 11.6. The Bertz CT molecular complexity index is 988. The van der Waals surface area contributed by atoms with Crippen LogP contribution in [0.25, 0.3) is 10.7 Å². The van der Waals surface area contributed by atoms with Gasteiger partial charge in [0, 0.05) is 24.2 Å². The molecule has 3 rings (SSSR count). The molecule has 3 aromatic heterocycles.